The Morgan fingerprint density at radius 1 is 1.70 bits per heavy atom. The van der Waals surface area contributed by atoms with Crippen LogP contribution in [-0.4, -0.2) is 17.8 Å². The van der Waals surface area contributed by atoms with E-state index in [4.69, 9.17) is 4.84 Å². The first kappa shape index (κ1) is 6.90. The molecule has 0 atom stereocenters. The highest BCUT2D eigenvalue weighted by atomic mass is 16.7. The van der Waals surface area contributed by atoms with Gasteiger partial charge in [0.1, 0.15) is 5.84 Å². The van der Waals surface area contributed by atoms with Gasteiger partial charge >= 0.3 is 0 Å². The van der Waals surface area contributed by atoms with Gasteiger partial charge in [-0.3, -0.25) is 4.90 Å². The Morgan fingerprint density at radius 2 is 2.40 bits per heavy atom. The van der Waals surface area contributed by atoms with Crippen LogP contribution in [0.1, 0.15) is 13.8 Å². The molecule has 1 rings (SSSR count). The van der Waals surface area contributed by atoms with Crippen LogP contribution < -0.4 is 0 Å². The average Bonchev–Trinajstić information content (AvgIpc) is 2.20. The van der Waals surface area contributed by atoms with Crippen molar-refractivity contribution >= 4 is 5.84 Å². The van der Waals surface area contributed by atoms with Crippen LogP contribution in [0.5, 0.6) is 0 Å². The molecule has 0 aromatic rings. The smallest absolute Gasteiger partial charge is 0.274 e. The van der Waals surface area contributed by atoms with Gasteiger partial charge in [-0.25, -0.2) is 0 Å². The van der Waals surface area contributed by atoms with E-state index in [1.54, 1.807) is 6.08 Å². The van der Waals surface area contributed by atoms with E-state index in [2.05, 4.69) is 10.9 Å². The van der Waals surface area contributed by atoms with Gasteiger partial charge in [0, 0.05) is 7.05 Å². The van der Waals surface area contributed by atoms with E-state index in [-0.39, 0.29) is 0 Å². The Bertz CT molecular complexity index is 224. The normalized spacial score (nSPS) is 16.1. The molecule has 0 fully saturated rings. The van der Waals surface area contributed by atoms with Crippen molar-refractivity contribution in [3.8, 4) is 0 Å². The third-order valence-electron chi connectivity index (χ3n) is 1.32. The summed E-state index contributed by atoms with van der Waals surface area (Å²) in [6.45, 7) is 3.77. The van der Waals surface area contributed by atoms with E-state index in [1.807, 2.05) is 25.8 Å². The van der Waals surface area contributed by atoms with E-state index < -0.39 is 0 Å². The van der Waals surface area contributed by atoms with Crippen LogP contribution in [0.2, 0.25) is 0 Å². The summed E-state index contributed by atoms with van der Waals surface area (Å²) in [7, 11) is 1.89. The van der Waals surface area contributed by atoms with Gasteiger partial charge in [0.05, 0.1) is 0 Å². The monoisotopic (exact) mass is 138 g/mol. The maximum Gasteiger partial charge on any atom is 0.274 e. The molecule has 0 saturated heterocycles. The molecular formula is C7H10N2O. The zero-order valence-corrected chi connectivity index (χ0v) is 6.38. The maximum atomic E-state index is 4.91. The summed E-state index contributed by atoms with van der Waals surface area (Å²) >= 11 is 0. The minimum Gasteiger partial charge on any atom is -0.328 e. The molecule has 3 nitrogen and oxygen atoms in total. The second-order valence-electron chi connectivity index (χ2n) is 2.03. The topological polar surface area (TPSA) is 24.8 Å². The van der Waals surface area contributed by atoms with E-state index in [0.29, 0.717) is 5.88 Å². The lowest BCUT2D eigenvalue weighted by Gasteiger charge is -2.05. The lowest BCUT2D eigenvalue weighted by molar-refractivity contribution is 0.208. The molecule has 1 aliphatic rings. The summed E-state index contributed by atoms with van der Waals surface area (Å²) in [5.74, 6) is 1.50. The number of hydrogen-bond donors (Lipinski definition) is 0. The van der Waals surface area contributed by atoms with Crippen LogP contribution in [0, 0.1) is 0 Å². The predicted molar refractivity (Wildman–Crippen MR) is 39.2 cm³/mol. The Balaban J connectivity index is 2.84. The van der Waals surface area contributed by atoms with Crippen molar-refractivity contribution in [1.29, 1.82) is 0 Å². The van der Waals surface area contributed by atoms with Crippen molar-refractivity contribution in [2.75, 3.05) is 7.05 Å². The van der Waals surface area contributed by atoms with Gasteiger partial charge in [-0.1, -0.05) is 10.9 Å². The summed E-state index contributed by atoms with van der Waals surface area (Å²) in [5, 5.41) is 3.74. The number of amidine groups is 1. The van der Waals surface area contributed by atoms with Crippen LogP contribution in [0.15, 0.2) is 22.8 Å². The van der Waals surface area contributed by atoms with Gasteiger partial charge < -0.3 is 4.84 Å². The largest absolute Gasteiger partial charge is 0.328 e. The number of nitrogens with zero attached hydrogens (tertiary/aromatic N) is 2. The second-order valence-corrected chi connectivity index (χ2v) is 2.03. The summed E-state index contributed by atoms with van der Waals surface area (Å²) < 4.78 is 0. The maximum absolute atomic E-state index is 4.91. The van der Waals surface area contributed by atoms with Gasteiger partial charge in [0.25, 0.3) is 5.88 Å². The second kappa shape index (κ2) is 2.58. The van der Waals surface area contributed by atoms with Gasteiger partial charge in [-0.2, -0.15) is 0 Å². The first-order chi connectivity index (χ1) is 4.75. The fourth-order valence-electron chi connectivity index (χ4n) is 0.625. The SMILES string of the molecule is CC=C=C1ON=C(C)N1C. The molecule has 0 N–H and O–H groups in total. The van der Waals surface area contributed by atoms with Crippen LogP contribution in [-0.2, 0) is 4.84 Å². The summed E-state index contributed by atoms with van der Waals surface area (Å²) in [6, 6.07) is 0. The van der Waals surface area contributed by atoms with Crippen LogP contribution in [0.25, 0.3) is 0 Å². The average molecular weight is 138 g/mol. The summed E-state index contributed by atoms with van der Waals surface area (Å²) in [5.41, 5.74) is 2.91. The lowest BCUT2D eigenvalue weighted by atomic mass is 10.5. The molecule has 0 amide bonds. The van der Waals surface area contributed by atoms with Crippen molar-refractivity contribution in [3.05, 3.63) is 17.7 Å². The molecule has 0 radical (unpaired) electrons. The van der Waals surface area contributed by atoms with Crippen LogP contribution in [0.3, 0.4) is 0 Å². The minimum absolute atomic E-state index is 0.653. The van der Waals surface area contributed by atoms with E-state index >= 15 is 0 Å². The first-order valence-electron chi connectivity index (χ1n) is 3.12. The molecule has 0 saturated carbocycles. The number of oxime groups is 1. The Morgan fingerprint density at radius 3 is 2.80 bits per heavy atom. The number of allylic oxidation sites excluding steroid dienone is 1. The van der Waals surface area contributed by atoms with Crippen molar-refractivity contribution < 1.29 is 4.84 Å². The molecule has 0 unspecified atom stereocenters. The molecular weight excluding hydrogens is 128 g/mol. The van der Waals surface area contributed by atoms with Gasteiger partial charge in [0.2, 0.25) is 0 Å². The molecule has 10 heavy (non-hydrogen) atoms. The predicted octanol–water partition coefficient (Wildman–Crippen LogP) is 1.30. The highest BCUT2D eigenvalue weighted by molar-refractivity contribution is 5.81. The van der Waals surface area contributed by atoms with Gasteiger partial charge in [-0.05, 0) is 19.9 Å². The van der Waals surface area contributed by atoms with E-state index in [9.17, 15) is 0 Å². The standard InChI is InChI=1S/C7H10N2O/c1-4-5-7-9(3)6(2)8-10-7/h4H,1-3H3. The zero-order valence-electron chi connectivity index (χ0n) is 6.38. The highest BCUT2D eigenvalue weighted by Crippen LogP contribution is 2.10. The third kappa shape index (κ3) is 1.04. The number of rotatable bonds is 0. The molecule has 0 aromatic carbocycles. The fourth-order valence-corrected chi connectivity index (χ4v) is 0.625. The Labute approximate surface area is 60.3 Å². The number of hydrogen-bond acceptors (Lipinski definition) is 3. The van der Waals surface area contributed by atoms with Crippen molar-refractivity contribution in [3.63, 3.8) is 0 Å². The van der Waals surface area contributed by atoms with Crippen molar-refractivity contribution in [2.45, 2.75) is 13.8 Å². The summed E-state index contributed by atoms with van der Waals surface area (Å²) in [6.07, 6.45) is 1.79. The third-order valence-corrected chi connectivity index (χ3v) is 1.32. The summed E-state index contributed by atoms with van der Waals surface area (Å²) in [4.78, 5) is 6.74. The molecule has 54 valence electrons. The highest BCUT2D eigenvalue weighted by Gasteiger charge is 2.15. The zero-order chi connectivity index (χ0) is 7.56. The van der Waals surface area contributed by atoms with Crippen LogP contribution in [0.4, 0.5) is 0 Å². The fraction of sp³-hybridized carbons (Fsp3) is 0.429. The molecule has 0 bridgehead atoms. The molecule has 0 spiro atoms. The van der Waals surface area contributed by atoms with Crippen molar-refractivity contribution in [2.24, 2.45) is 5.16 Å². The molecule has 0 aromatic heterocycles. The lowest BCUT2D eigenvalue weighted by Crippen LogP contribution is -2.16. The molecule has 1 heterocycles. The van der Waals surface area contributed by atoms with Gasteiger partial charge in [-0.15, -0.1) is 0 Å². The first-order valence-corrected chi connectivity index (χ1v) is 3.12. The Hall–Kier alpha value is -1.21. The molecule has 1 aliphatic heterocycles. The van der Waals surface area contributed by atoms with Gasteiger partial charge in [0.15, 0.2) is 0 Å². The molecule has 0 aliphatic carbocycles. The van der Waals surface area contributed by atoms with E-state index in [1.165, 1.54) is 0 Å². The quantitative estimate of drug-likeness (QED) is 0.471. The Kier molecular flexibility index (Phi) is 1.78. The molecule has 3 heteroatoms. The van der Waals surface area contributed by atoms with Crippen LogP contribution >= 0.6 is 0 Å². The minimum atomic E-state index is 0.653. The van der Waals surface area contributed by atoms with E-state index in [0.717, 1.165) is 5.84 Å². The van der Waals surface area contributed by atoms with Crippen molar-refractivity contribution in [1.82, 2.24) is 4.90 Å².